The summed E-state index contributed by atoms with van der Waals surface area (Å²) in [5.41, 5.74) is 7.18. The van der Waals surface area contributed by atoms with Gasteiger partial charge in [-0.25, -0.2) is 0 Å². The molecular weight excluding hydrogens is 260 g/mol. The molecule has 1 fully saturated rings. The zero-order valence-corrected chi connectivity index (χ0v) is 12.0. The fourth-order valence-electron chi connectivity index (χ4n) is 2.74. The number of nitrogens with two attached hydrogens (primary N) is 1. The minimum Gasteiger partial charge on any atom is -0.396 e. The van der Waals surface area contributed by atoms with E-state index in [1.807, 2.05) is 18.2 Å². The topological polar surface area (TPSA) is 49.5 Å². The number of hydrogen-bond donors (Lipinski definition) is 2. The molecule has 1 saturated carbocycles. The van der Waals surface area contributed by atoms with Crippen molar-refractivity contribution in [2.24, 2.45) is 5.73 Å². The Morgan fingerprint density at radius 2 is 2.21 bits per heavy atom. The minimum atomic E-state index is 0.204. The molecule has 0 saturated heterocycles. The average molecular weight is 283 g/mol. The second-order valence-corrected chi connectivity index (χ2v) is 5.64. The molecule has 0 aromatic heterocycles. The van der Waals surface area contributed by atoms with E-state index in [0.717, 1.165) is 18.0 Å². The Morgan fingerprint density at radius 3 is 2.74 bits per heavy atom. The molecule has 4 heteroatoms. The number of aliphatic hydroxyl groups is 1. The normalized spacial score (nSPS) is 17.5. The van der Waals surface area contributed by atoms with Crippen LogP contribution in [0.25, 0.3) is 0 Å². The predicted octanol–water partition coefficient (Wildman–Crippen LogP) is 2.58. The van der Waals surface area contributed by atoms with Gasteiger partial charge in [0, 0.05) is 36.8 Å². The Kier molecular flexibility index (Phi) is 5.64. The lowest BCUT2D eigenvalue weighted by atomic mass is 9.89. The molecule has 106 valence electrons. The first-order valence-electron chi connectivity index (χ1n) is 7.08. The van der Waals surface area contributed by atoms with Crippen LogP contribution in [0.5, 0.6) is 0 Å². The van der Waals surface area contributed by atoms with Crippen LogP contribution < -0.4 is 5.73 Å². The number of hydrogen-bond acceptors (Lipinski definition) is 3. The second-order valence-electron chi connectivity index (χ2n) is 5.21. The van der Waals surface area contributed by atoms with Gasteiger partial charge < -0.3 is 10.8 Å². The van der Waals surface area contributed by atoms with Crippen molar-refractivity contribution in [3.63, 3.8) is 0 Å². The molecule has 3 N–H and O–H groups in total. The van der Waals surface area contributed by atoms with Gasteiger partial charge >= 0.3 is 0 Å². The molecular formula is C15H23ClN2O. The lowest BCUT2D eigenvalue weighted by molar-refractivity contribution is 0.0743. The Morgan fingerprint density at radius 1 is 1.42 bits per heavy atom. The van der Waals surface area contributed by atoms with Gasteiger partial charge in [0.1, 0.15) is 0 Å². The molecule has 1 atom stereocenters. The summed E-state index contributed by atoms with van der Waals surface area (Å²) in [6.07, 6.45) is 4.58. The lowest BCUT2D eigenvalue weighted by Crippen LogP contribution is -2.45. The highest BCUT2D eigenvalue weighted by molar-refractivity contribution is 6.30. The van der Waals surface area contributed by atoms with Gasteiger partial charge in [-0.05, 0) is 37.0 Å². The summed E-state index contributed by atoms with van der Waals surface area (Å²) in [7, 11) is 0. The van der Waals surface area contributed by atoms with Crippen LogP contribution in [0.1, 0.15) is 37.3 Å². The standard InChI is InChI=1S/C15H23ClN2O/c16-13-5-1-4-12(10-13)15(11-17)18(8-3-9-19)14-6-2-7-14/h1,4-5,10,14-15,19H,2-3,6-9,11,17H2. The van der Waals surface area contributed by atoms with Crippen LogP contribution in [-0.2, 0) is 0 Å². The van der Waals surface area contributed by atoms with Gasteiger partial charge in [-0.15, -0.1) is 0 Å². The maximum absolute atomic E-state index is 9.08. The van der Waals surface area contributed by atoms with E-state index in [4.69, 9.17) is 22.4 Å². The molecule has 0 amide bonds. The summed E-state index contributed by atoms with van der Waals surface area (Å²) in [5, 5.41) is 9.83. The molecule has 19 heavy (non-hydrogen) atoms. The summed E-state index contributed by atoms with van der Waals surface area (Å²) < 4.78 is 0. The van der Waals surface area contributed by atoms with Crippen molar-refractivity contribution in [3.05, 3.63) is 34.9 Å². The van der Waals surface area contributed by atoms with E-state index in [0.29, 0.717) is 12.6 Å². The first-order chi connectivity index (χ1) is 9.26. The predicted molar refractivity (Wildman–Crippen MR) is 79.3 cm³/mol. The highest BCUT2D eigenvalue weighted by Gasteiger charge is 2.30. The van der Waals surface area contributed by atoms with Gasteiger partial charge in [-0.3, -0.25) is 4.90 Å². The van der Waals surface area contributed by atoms with Crippen LogP contribution in [0.3, 0.4) is 0 Å². The largest absolute Gasteiger partial charge is 0.396 e. The van der Waals surface area contributed by atoms with E-state index in [1.165, 1.54) is 24.8 Å². The summed E-state index contributed by atoms with van der Waals surface area (Å²) >= 11 is 6.08. The Labute approximate surface area is 120 Å². The molecule has 1 aliphatic carbocycles. The molecule has 0 radical (unpaired) electrons. The highest BCUT2D eigenvalue weighted by Crippen LogP contribution is 2.32. The maximum Gasteiger partial charge on any atom is 0.0473 e. The van der Waals surface area contributed by atoms with E-state index in [1.54, 1.807) is 0 Å². The summed E-state index contributed by atoms with van der Waals surface area (Å²) in [4.78, 5) is 2.45. The third kappa shape index (κ3) is 3.69. The smallest absolute Gasteiger partial charge is 0.0473 e. The Bertz CT molecular complexity index is 395. The van der Waals surface area contributed by atoms with Crippen molar-refractivity contribution in [2.45, 2.75) is 37.8 Å². The summed E-state index contributed by atoms with van der Waals surface area (Å²) in [5.74, 6) is 0. The van der Waals surface area contributed by atoms with Crippen molar-refractivity contribution >= 4 is 11.6 Å². The summed E-state index contributed by atoms with van der Waals surface area (Å²) in [6.45, 7) is 1.72. The van der Waals surface area contributed by atoms with Crippen molar-refractivity contribution < 1.29 is 5.11 Å². The Hall–Kier alpha value is -0.610. The molecule has 1 aromatic rings. The molecule has 1 aromatic carbocycles. The zero-order valence-electron chi connectivity index (χ0n) is 11.3. The number of rotatable bonds is 7. The van der Waals surface area contributed by atoms with E-state index in [9.17, 15) is 0 Å². The average Bonchev–Trinajstić information content (AvgIpc) is 2.34. The molecule has 1 aliphatic rings. The van der Waals surface area contributed by atoms with E-state index >= 15 is 0 Å². The van der Waals surface area contributed by atoms with Crippen LogP contribution in [-0.4, -0.2) is 35.7 Å². The highest BCUT2D eigenvalue weighted by atomic mass is 35.5. The maximum atomic E-state index is 9.08. The SMILES string of the molecule is NCC(c1cccc(Cl)c1)N(CCCO)C1CCC1. The van der Waals surface area contributed by atoms with Crippen LogP contribution in [0.15, 0.2) is 24.3 Å². The second kappa shape index (κ2) is 7.25. The molecule has 0 spiro atoms. The van der Waals surface area contributed by atoms with Gasteiger partial charge in [-0.1, -0.05) is 30.2 Å². The molecule has 2 rings (SSSR count). The molecule has 0 aliphatic heterocycles. The fourth-order valence-corrected chi connectivity index (χ4v) is 2.94. The van der Waals surface area contributed by atoms with Gasteiger partial charge in [0.2, 0.25) is 0 Å². The number of nitrogens with zero attached hydrogens (tertiary/aromatic N) is 1. The minimum absolute atomic E-state index is 0.204. The van der Waals surface area contributed by atoms with Crippen molar-refractivity contribution in [3.8, 4) is 0 Å². The van der Waals surface area contributed by atoms with Crippen molar-refractivity contribution in [2.75, 3.05) is 19.7 Å². The zero-order chi connectivity index (χ0) is 13.7. The molecule has 3 nitrogen and oxygen atoms in total. The Balaban J connectivity index is 2.15. The van der Waals surface area contributed by atoms with Gasteiger partial charge in [0.05, 0.1) is 0 Å². The monoisotopic (exact) mass is 282 g/mol. The van der Waals surface area contributed by atoms with Gasteiger partial charge in [-0.2, -0.15) is 0 Å². The van der Waals surface area contributed by atoms with Crippen LogP contribution in [0, 0.1) is 0 Å². The molecule has 1 unspecified atom stereocenters. The van der Waals surface area contributed by atoms with Gasteiger partial charge in [0.15, 0.2) is 0 Å². The number of benzene rings is 1. The molecule has 0 bridgehead atoms. The van der Waals surface area contributed by atoms with Crippen molar-refractivity contribution in [1.82, 2.24) is 4.90 Å². The third-order valence-electron chi connectivity index (χ3n) is 3.98. The lowest BCUT2D eigenvalue weighted by Gasteiger charge is -2.42. The van der Waals surface area contributed by atoms with E-state index in [2.05, 4.69) is 11.0 Å². The van der Waals surface area contributed by atoms with E-state index in [-0.39, 0.29) is 12.6 Å². The number of aliphatic hydroxyl groups excluding tert-OH is 1. The summed E-state index contributed by atoms with van der Waals surface area (Å²) in [6, 6.07) is 8.78. The van der Waals surface area contributed by atoms with Crippen molar-refractivity contribution in [1.29, 1.82) is 0 Å². The third-order valence-corrected chi connectivity index (χ3v) is 4.21. The first kappa shape index (κ1) is 14.8. The van der Waals surface area contributed by atoms with Crippen LogP contribution in [0.4, 0.5) is 0 Å². The van der Waals surface area contributed by atoms with Crippen LogP contribution >= 0.6 is 11.6 Å². The fraction of sp³-hybridized carbons (Fsp3) is 0.600. The first-order valence-corrected chi connectivity index (χ1v) is 7.46. The quantitative estimate of drug-likeness (QED) is 0.808. The number of halogens is 1. The molecule has 0 heterocycles. The van der Waals surface area contributed by atoms with E-state index < -0.39 is 0 Å². The van der Waals surface area contributed by atoms with Crippen LogP contribution in [0.2, 0.25) is 5.02 Å². The van der Waals surface area contributed by atoms with Gasteiger partial charge in [0.25, 0.3) is 0 Å².